The second kappa shape index (κ2) is 4.99. The van der Waals surface area contributed by atoms with Crippen LogP contribution >= 0.6 is 11.8 Å². The van der Waals surface area contributed by atoms with Gasteiger partial charge in [-0.3, -0.25) is 9.21 Å². The Bertz CT molecular complexity index is 419. The lowest BCUT2D eigenvalue weighted by molar-refractivity contribution is -0.137. The Morgan fingerprint density at radius 2 is 1.94 bits per heavy atom. The second-order valence-corrected chi connectivity index (χ2v) is 3.76. The number of benzene rings is 1. The van der Waals surface area contributed by atoms with Gasteiger partial charge in [0.15, 0.2) is 5.78 Å². The summed E-state index contributed by atoms with van der Waals surface area (Å²) in [4.78, 5) is 22.1. The molecule has 16 heavy (non-hydrogen) atoms. The van der Waals surface area contributed by atoms with Crippen molar-refractivity contribution in [3.05, 3.63) is 29.8 Å². The lowest BCUT2D eigenvalue weighted by Crippen LogP contribution is -2.32. The number of carbonyl (C=O) groups is 2. The Morgan fingerprint density at radius 1 is 1.38 bits per heavy atom. The molecule has 0 heterocycles. The quantitative estimate of drug-likeness (QED) is 0.649. The number of carboxylic acids is 1. The lowest BCUT2D eigenvalue weighted by Gasteiger charge is -2.21. The molecule has 0 aliphatic heterocycles. The Balaban J connectivity index is 3.12. The van der Waals surface area contributed by atoms with E-state index in [9.17, 15) is 9.59 Å². The SMILES string of the molecule is CC(=O)c1ccccc1N(Cl)[C@@H](C)C(=O)O. The van der Waals surface area contributed by atoms with Crippen LogP contribution in [0.25, 0.3) is 0 Å². The first-order valence-electron chi connectivity index (χ1n) is 4.73. The van der Waals surface area contributed by atoms with Crippen LogP contribution in [0.15, 0.2) is 24.3 Å². The minimum atomic E-state index is -1.05. The molecule has 0 saturated carbocycles. The molecule has 0 amide bonds. The van der Waals surface area contributed by atoms with E-state index in [-0.39, 0.29) is 5.78 Å². The molecule has 0 aliphatic rings. The van der Waals surface area contributed by atoms with Crippen LogP contribution < -0.4 is 4.42 Å². The fraction of sp³-hybridized carbons (Fsp3) is 0.273. The van der Waals surface area contributed by atoms with Crippen molar-refractivity contribution in [1.29, 1.82) is 0 Å². The highest BCUT2D eigenvalue weighted by atomic mass is 35.5. The molecule has 1 atom stereocenters. The molecule has 0 radical (unpaired) electrons. The maximum absolute atomic E-state index is 11.3. The van der Waals surface area contributed by atoms with Crippen molar-refractivity contribution in [2.75, 3.05) is 4.42 Å². The lowest BCUT2D eigenvalue weighted by atomic mass is 10.1. The third-order valence-corrected chi connectivity index (χ3v) is 2.69. The van der Waals surface area contributed by atoms with Crippen molar-refractivity contribution in [3.8, 4) is 0 Å². The summed E-state index contributed by atoms with van der Waals surface area (Å²) in [6, 6.07) is 5.73. The van der Waals surface area contributed by atoms with E-state index in [1.54, 1.807) is 24.3 Å². The summed E-state index contributed by atoms with van der Waals surface area (Å²) < 4.78 is 1.05. The normalized spacial score (nSPS) is 11.9. The zero-order valence-corrected chi connectivity index (χ0v) is 9.73. The number of rotatable bonds is 4. The van der Waals surface area contributed by atoms with E-state index in [1.807, 2.05) is 0 Å². The van der Waals surface area contributed by atoms with E-state index in [1.165, 1.54) is 13.8 Å². The van der Waals surface area contributed by atoms with Gasteiger partial charge >= 0.3 is 5.97 Å². The van der Waals surface area contributed by atoms with Crippen molar-refractivity contribution in [2.45, 2.75) is 19.9 Å². The van der Waals surface area contributed by atoms with E-state index in [2.05, 4.69) is 0 Å². The van der Waals surface area contributed by atoms with Crippen LogP contribution in [0.5, 0.6) is 0 Å². The Hall–Kier alpha value is -1.55. The first-order chi connectivity index (χ1) is 7.45. The standard InChI is InChI=1S/C11H12ClNO3/c1-7(11(15)16)13(12)10-6-4-3-5-9(10)8(2)14/h3-7H,1-2H3,(H,15,16)/t7-/m0/s1. The molecule has 0 aliphatic carbocycles. The monoisotopic (exact) mass is 241 g/mol. The molecule has 5 heteroatoms. The highest BCUT2D eigenvalue weighted by molar-refractivity contribution is 6.28. The fourth-order valence-corrected chi connectivity index (χ4v) is 1.49. The molecule has 0 spiro atoms. The molecule has 1 aromatic rings. The second-order valence-electron chi connectivity index (χ2n) is 3.40. The third-order valence-electron chi connectivity index (χ3n) is 2.21. The van der Waals surface area contributed by atoms with Crippen LogP contribution in [-0.2, 0) is 4.79 Å². The van der Waals surface area contributed by atoms with Gasteiger partial charge in [-0.2, -0.15) is 0 Å². The predicted molar refractivity (Wildman–Crippen MR) is 61.9 cm³/mol. The maximum Gasteiger partial charge on any atom is 0.327 e. The Kier molecular flexibility index (Phi) is 3.90. The van der Waals surface area contributed by atoms with Gasteiger partial charge in [-0.25, -0.2) is 4.79 Å². The first kappa shape index (κ1) is 12.5. The van der Waals surface area contributed by atoms with Crippen LogP contribution in [0.3, 0.4) is 0 Å². The van der Waals surface area contributed by atoms with Crippen molar-refractivity contribution in [3.63, 3.8) is 0 Å². The van der Waals surface area contributed by atoms with Crippen molar-refractivity contribution >= 4 is 29.2 Å². The van der Waals surface area contributed by atoms with Crippen molar-refractivity contribution < 1.29 is 14.7 Å². The highest BCUT2D eigenvalue weighted by Crippen LogP contribution is 2.24. The number of para-hydroxylation sites is 1. The van der Waals surface area contributed by atoms with Gasteiger partial charge in [0, 0.05) is 17.3 Å². The topological polar surface area (TPSA) is 57.6 Å². The number of hydrogen-bond acceptors (Lipinski definition) is 3. The average molecular weight is 242 g/mol. The molecule has 1 aromatic carbocycles. The first-order valence-corrected chi connectivity index (χ1v) is 5.06. The van der Waals surface area contributed by atoms with Gasteiger partial charge in [0.2, 0.25) is 0 Å². The zero-order chi connectivity index (χ0) is 12.3. The number of aliphatic carboxylic acids is 1. The van der Waals surface area contributed by atoms with Gasteiger partial charge in [-0.15, -0.1) is 0 Å². The van der Waals surface area contributed by atoms with E-state index in [0.717, 1.165) is 4.42 Å². The maximum atomic E-state index is 11.3. The fourth-order valence-electron chi connectivity index (χ4n) is 1.26. The molecule has 0 bridgehead atoms. The summed E-state index contributed by atoms with van der Waals surface area (Å²) >= 11 is 5.90. The van der Waals surface area contributed by atoms with Crippen LogP contribution in [0.4, 0.5) is 5.69 Å². The summed E-state index contributed by atoms with van der Waals surface area (Å²) in [5, 5.41) is 8.83. The summed E-state index contributed by atoms with van der Waals surface area (Å²) in [5.41, 5.74) is 0.817. The van der Waals surface area contributed by atoms with E-state index < -0.39 is 12.0 Å². The summed E-state index contributed by atoms with van der Waals surface area (Å²) in [6.45, 7) is 2.86. The van der Waals surface area contributed by atoms with Gasteiger partial charge in [-0.1, -0.05) is 12.1 Å². The van der Waals surface area contributed by atoms with Crippen LogP contribution in [0.2, 0.25) is 0 Å². The van der Waals surface area contributed by atoms with Gasteiger partial charge in [-0.05, 0) is 26.0 Å². The molecule has 86 valence electrons. The Labute approximate surface area is 98.5 Å². The Morgan fingerprint density at radius 3 is 2.44 bits per heavy atom. The molecule has 0 saturated heterocycles. The molecular weight excluding hydrogens is 230 g/mol. The minimum absolute atomic E-state index is 0.154. The summed E-state index contributed by atoms with van der Waals surface area (Å²) in [6.07, 6.45) is 0. The molecule has 0 unspecified atom stereocenters. The number of nitrogens with zero attached hydrogens (tertiary/aromatic N) is 1. The average Bonchev–Trinajstić information content (AvgIpc) is 2.26. The molecule has 1 rings (SSSR count). The minimum Gasteiger partial charge on any atom is -0.480 e. The number of hydrogen-bond donors (Lipinski definition) is 1. The number of Topliss-reactive ketones (excluding diaryl/α,β-unsaturated/α-hetero) is 1. The summed E-state index contributed by atoms with van der Waals surface area (Å²) in [7, 11) is 0. The van der Waals surface area contributed by atoms with E-state index >= 15 is 0 Å². The van der Waals surface area contributed by atoms with Crippen molar-refractivity contribution in [1.82, 2.24) is 0 Å². The van der Waals surface area contributed by atoms with Crippen LogP contribution in [0, 0.1) is 0 Å². The van der Waals surface area contributed by atoms with Crippen LogP contribution in [-0.4, -0.2) is 22.9 Å². The smallest absolute Gasteiger partial charge is 0.327 e. The number of halogens is 1. The molecular formula is C11H12ClNO3. The van der Waals surface area contributed by atoms with Gasteiger partial charge in [0.25, 0.3) is 0 Å². The van der Waals surface area contributed by atoms with Crippen LogP contribution in [0.1, 0.15) is 24.2 Å². The highest BCUT2D eigenvalue weighted by Gasteiger charge is 2.22. The molecule has 1 N–H and O–H groups in total. The number of anilines is 1. The van der Waals surface area contributed by atoms with E-state index in [0.29, 0.717) is 11.3 Å². The van der Waals surface area contributed by atoms with E-state index in [4.69, 9.17) is 16.9 Å². The van der Waals surface area contributed by atoms with Crippen molar-refractivity contribution in [2.24, 2.45) is 0 Å². The summed E-state index contributed by atoms with van der Waals surface area (Å²) in [5.74, 6) is -1.20. The largest absolute Gasteiger partial charge is 0.480 e. The number of ketones is 1. The van der Waals surface area contributed by atoms with Gasteiger partial charge < -0.3 is 5.11 Å². The number of carboxylic acid groups (broad SMARTS) is 1. The van der Waals surface area contributed by atoms with Gasteiger partial charge in [0.05, 0.1) is 5.69 Å². The number of carbonyl (C=O) groups excluding carboxylic acids is 1. The molecule has 0 fully saturated rings. The molecule has 4 nitrogen and oxygen atoms in total. The molecule has 0 aromatic heterocycles. The van der Waals surface area contributed by atoms with Gasteiger partial charge in [0.1, 0.15) is 6.04 Å². The zero-order valence-electron chi connectivity index (χ0n) is 8.98. The predicted octanol–water partition coefficient (Wildman–Crippen LogP) is 2.32. The third kappa shape index (κ3) is 2.52.